The maximum Gasteiger partial charge on any atom is 0.356 e. The SMILES string of the molecule is COC(=O)c1ccc(C(O)C/C(=N\[S@@+]([O-])C(C)(C)C)c2ccc(OC)cc2O)cn1. The quantitative estimate of drug-likeness (QED) is 0.390. The highest BCUT2D eigenvalue weighted by atomic mass is 32.2. The molecule has 0 aliphatic carbocycles. The van der Waals surface area contributed by atoms with Gasteiger partial charge in [-0.15, -0.1) is 0 Å². The minimum atomic E-state index is -1.61. The summed E-state index contributed by atoms with van der Waals surface area (Å²) in [5.41, 5.74) is 1.16. The van der Waals surface area contributed by atoms with Crippen LogP contribution in [0, 0.1) is 0 Å². The monoisotopic (exact) mass is 434 g/mol. The van der Waals surface area contributed by atoms with Crippen molar-refractivity contribution in [2.75, 3.05) is 14.2 Å². The fraction of sp³-hybridized carbons (Fsp3) is 0.381. The first-order chi connectivity index (χ1) is 14.1. The molecule has 2 rings (SSSR count). The Labute approximate surface area is 178 Å². The number of phenolic OH excluding ortho intramolecular Hbond substituents is 1. The number of aliphatic hydroxyl groups excluding tert-OH is 1. The van der Waals surface area contributed by atoms with Gasteiger partial charge in [0.2, 0.25) is 0 Å². The van der Waals surface area contributed by atoms with Crippen LogP contribution in [-0.4, -0.2) is 50.4 Å². The molecule has 0 bridgehead atoms. The van der Waals surface area contributed by atoms with Crippen LogP contribution < -0.4 is 4.74 Å². The number of phenols is 1. The Morgan fingerprint density at radius 2 is 1.97 bits per heavy atom. The molecule has 9 heteroatoms. The number of methoxy groups -OCH3 is 2. The van der Waals surface area contributed by atoms with E-state index in [0.29, 0.717) is 16.9 Å². The summed E-state index contributed by atoms with van der Waals surface area (Å²) in [6.45, 7) is 5.35. The maximum atomic E-state index is 12.6. The Morgan fingerprint density at radius 3 is 2.47 bits per heavy atom. The number of hydrogen-bond acceptors (Lipinski definition) is 8. The molecule has 0 amide bonds. The molecular formula is C21H26N2O6S. The molecule has 2 atom stereocenters. The molecule has 30 heavy (non-hydrogen) atoms. The van der Waals surface area contributed by atoms with E-state index in [1.807, 2.05) is 0 Å². The first-order valence-electron chi connectivity index (χ1n) is 9.16. The summed E-state index contributed by atoms with van der Waals surface area (Å²) in [6.07, 6.45) is 0.283. The van der Waals surface area contributed by atoms with E-state index in [4.69, 9.17) is 4.74 Å². The number of esters is 1. The smallest absolute Gasteiger partial charge is 0.356 e. The minimum absolute atomic E-state index is 0.0268. The third kappa shape index (κ3) is 5.94. The van der Waals surface area contributed by atoms with E-state index < -0.39 is 28.2 Å². The van der Waals surface area contributed by atoms with E-state index in [-0.39, 0.29) is 23.6 Å². The second-order valence-electron chi connectivity index (χ2n) is 7.47. The van der Waals surface area contributed by atoms with Gasteiger partial charge in [0, 0.05) is 24.2 Å². The Kier molecular flexibility index (Phi) is 7.83. The van der Waals surface area contributed by atoms with Crippen molar-refractivity contribution in [3.8, 4) is 11.5 Å². The highest BCUT2D eigenvalue weighted by Crippen LogP contribution is 2.29. The van der Waals surface area contributed by atoms with Crippen molar-refractivity contribution < 1.29 is 29.0 Å². The Bertz CT molecular complexity index is 909. The number of rotatable bonds is 7. The number of carbonyl (C=O) groups is 1. The number of benzene rings is 1. The Hall–Kier alpha value is -2.62. The second-order valence-corrected chi connectivity index (χ2v) is 9.38. The summed E-state index contributed by atoms with van der Waals surface area (Å²) in [7, 11) is 2.74. The Balaban J connectivity index is 2.37. The topological polar surface area (TPSA) is 124 Å². The van der Waals surface area contributed by atoms with Gasteiger partial charge in [0.1, 0.15) is 39.0 Å². The van der Waals surface area contributed by atoms with Crippen LogP contribution in [0.15, 0.2) is 40.9 Å². The van der Waals surface area contributed by atoms with E-state index in [1.54, 1.807) is 39.0 Å². The number of ether oxygens (including phenoxy) is 2. The van der Waals surface area contributed by atoms with Crippen LogP contribution in [0.4, 0.5) is 0 Å². The van der Waals surface area contributed by atoms with E-state index >= 15 is 0 Å². The van der Waals surface area contributed by atoms with Crippen LogP contribution in [0.2, 0.25) is 0 Å². The lowest BCUT2D eigenvalue weighted by Crippen LogP contribution is -2.27. The zero-order chi connectivity index (χ0) is 22.5. The molecule has 0 aliphatic heterocycles. The lowest BCUT2D eigenvalue weighted by Gasteiger charge is -2.21. The third-order valence-corrected chi connectivity index (χ3v) is 5.62. The third-order valence-electron chi connectivity index (χ3n) is 4.19. The molecule has 0 fully saturated rings. The summed E-state index contributed by atoms with van der Waals surface area (Å²) in [5, 5.41) is 21.1. The summed E-state index contributed by atoms with van der Waals surface area (Å²) in [5.74, 6) is -0.233. The fourth-order valence-corrected chi connectivity index (χ4v) is 3.09. The van der Waals surface area contributed by atoms with Crippen molar-refractivity contribution in [3.05, 3.63) is 53.3 Å². The van der Waals surface area contributed by atoms with Crippen molar-refractivity contribution in [2.45, 2.75) is 38.0 Å². The molecule has 0 aliphatic rings. The number of carbonyl (C=O) groups excluding carboxylic acids is 1. The average molecular weight is 435 g/mol. The van der Waals surface area contributed by atoms with Crippen LogP contribution >= 0.6 is 0 Å². The largest absolute Gasteiger partial charge is 0.591 e. The lowest BCUT2D eigenvalue weighted by atomic mass is 9.99. The van der Waals surface area contributed by atoms with Gasteiger partial charge in [-0.25, -0.2) is 9.78 Å². The first-order valence-corrected chi connectivity index (χ1v) is 10.3. The predicted octanol–water partition coefficient (Wildman–Crippen LogP) is 2.96. The standard InChI is InChI=1S/C21H26N2O6S/c1-21(2,3)30(27)23-17(15-8-7-14(28-4)10-19(15)25)11-18(24)13-6-9-16(22-12-13)20(26)29-5/h6-10,12,18,24-25H,11H2,1-5H3/b23-17+/t18?,30-/m0/s1. The molecule has 0 saturated heterocycles. The number of hydrogen-bond donors (Lipinski definition) is 2. The van der Waals surface area contributed by atoms with E-state index in [0.717, 1.165) is 0 Å². The number of aliphatic hydroxyl groups is 1. The zero-order valence-electron chi connectivity index (χ0n) is 17.6. The van der Waals surface area contributed by atoms with Crippen molar-refractivity contribution in [2.24, 2.45) is 4.40 Å². The fourth-order valence-electron chi connectivity index (χ4n) is 2.44. The number of pyridine rings is 1. The van der Waals surface area contributed by atoms with Gasteiger partial charge >= 0.3 is 5.97 Å². The lowest BCUT2D eigenvalue weighted by molar-refractivity contribution is 0.0593. The highest BCUT2D eigenvalue weighted by Gasteiger charge is 2.29. The maximum absolute atomic E-state index is 12.6. The molecule has 2 N–H and O–H groups in total. The van der Waals surface area contributed by atoms with Crippen LogP contribution in [0.5, 0.6) is 11.5 Å². The summed E-state index contributed by atoms with van der Waals surface area (Å²) >= 11 is -1.61. The van der Waals surface area contributed by atoms with Crippen molar-refractivity contribution in [1.29, 1.82) is 0 Å². The normalized spacial score (nSPS) is 14.2. The zero-order valence-corrected chi connectivity index (χ0v) is 18.4. The van der Waals surface area contributed by atoms with Gasteiger partial charge < -0.3 is 24.2 Å². The van der Waals surface area contributed by atoms with Gasteiger partial charge in [-0.1, -0.05) is 10.5 Å². The van der Waals surface area contributed by atoms with Crippen molar-refractivity contribution >= 4 is 23.0 Å². The van der Waals surface area contributed by atoms with Crippen LogP contribution in [0.1, 0.15) is 54.9 Å². The summed E-state index contributed by atoms with van der Waals surface area (Å²) in [4.78, 5) is 15.5. The summed E-state index contributed by atoms with van der Waals surface area (Å²) < 4.78 is 26.0. The molecule has 2 aromatic rings. The number of aromatic hydroxyl groups is 1. The van der Waals surface area contributed by atoms with Gasteiger partial charge in [-0.2, -0.15) is 0 Å². The van der Waals surface area contributed by atoms with Gasteiger partial charge in [0.25, 0.3) is 0 Å². The predicted molar refractivity (Wildman–Crippen MR) is 114 cm³/mol. The van der Waals surface area contributed by atoms with Crippen molar-refractivity contribution in [1.82, 2.24) is 4.98 Å². The van der Waals surface area contributed by atoms with Crippen LogP contribution in [-0.2, 0) is 16.1 Å². The van der Waals surface area contributed by atoms with Gasteiger partial charge in [0.05, 0.1) is 20.3 Å². The first kappa shape index (κ1) is 23.7. The van der Waals surface area contributed by atoms with Crippen LogP contribution in [0.3, 0.4) is 0 Å². The van der Waals surface area contributed by atoms with Gasteiger partial charge in [0.15, 0.2) is 0 Å². The molecule has 1 aromatic carbocycles. The molecule has 1 heterocycles. The van der Waals surface area contributed by atoms with E-state index in [2.05, 4.69) is 14.1 Å². The van der Waals surface area contributed by atoms with E-state index in [9.17, 15) is 19.6 Å². The number of aromatic nitrogens is 1. The van der Waals surface area contributed by atoms with Crippen molar-refractivity contribution in [3.63, 3.8) is 0 Å². The minimum Gasteiger partial charge on any atom is -0.591 e. The molecule has 0 radical (unpaired) electrons. The molecule has 0 saturated carbocycles. The van der Waals surface area contributed by atoms with E-state index in [1.165, 1.54) is 32.5 Å². The molecule has 8 nitrogen and oxygen atoms in total. The highest BCUT2D eigenvalue weighted by molar-refractivity contribution is 7.91. The summed E-state index contributed by atoms with van der Waals surface area (Å²) in [6, 6.07) is 7.65. The van der Waals surface area contributed by atoms with Gasteiger partial charge in [-0.3, -0.25) is 0 Å². The molecule has 1 unspecified atom stereocenters. The molecule has 162 valence electrons. The van der Waals surface area contributed by atoms with Gasteiger partial charge in [-0.05, 0) is 44.5 Å². The Morgan fingerprint density at radius 1 is 1.27 bits per heavy atom. The molecular weight excluding hydrogens is 408 g/mol. The molecule has 0 spiro atoms. The number of nitrogens with zero attached hydrogens (tertiary/aromatic N) is 2. The molecule has 1 aromatic heterocycles. The average Bonchev–Trinajstić information content (AvgIpc) is 2.71. The second kappa shape index (κ2) is 9.92. The van der Waals surface area contributed by atoms with Crippen LogP contribution in [0.25, 0.3) is 0 Å².